The number of para-hydroxylation sites is 2. The molecule has 7 nitrogen and oxygen atoms in total. The lowest BCUT2D eigenvalue weighted by molar-refractivity contribution is -0.385. The number of esters is 1. The number of hydrogen-bond acceptors (Lipinski definition) is 6. The predicted octanol–water partition coefficient (Wildman–Crippen LogP) is 0.832. The molecule has 2 rings (SSSR count). The molecule has 0 amide bonds. The summed E-state index contributed by atoms with van der Waals surface area (Å²) in [6.45, 7) is 2.59. The minimum absolute atomic E-state index is 0.0224. The van der Waals surface area contributed by atoms with Crippen molar-refractivity contribution in [3.8, 4) is 5.75 Å². The number of hydrogen-bond donors (Lipinski definition) is 0. The maximum atomic E-state index is 11.7. The molecule has 0 spiro atoms. The van der Waals surface area contributed by atoms with E-state index in [1.54, 1.807) is 6.07 Å². The van der Waals surface area contributed by atoms with E-state index in [0.29, 0.717) is 26.3 Å². The first-order chi connectivity index (χ1) is 9.16. The first-order valence-electron chi connectivity index (χ1n) is 5.91. The molecule has 1 aliphatic heterocycles. The van der Waals surface area contributed by atoms with E-state index in [2.05, 4.69) is 0 Å². The van der Waals surface area contributed by atoms with Gasteiger partial charge in [0.15, 0.2) is 0 Å². The van der Waals surface area contributed by atoms with Gasteiger partial charge in [0.1, 0.15) is 0 Å². The largest absolute Gasteiger partial charge is 0.418 e. The van der Waals surface area contributed by atoms with Crippen molar-refractivity contribution in [2.75, 3.05) is 32.8 Å². The fraction of sp³-hybridized carbons (Fsp3) is 0.417. The van der Waals surface area contributed by atoms with Crippen molar-refractivity contribution in [2.45, 2.75) is 0 Å². The van der Waals surface area contributed by atoms with Crippen LogP contribution in [0.4, 0.5) is 5.69 Å². The third-order valence-electron chi connectivity index (χ3n) is 2.74. The zero-order chi connectivity index (χ0) is 13.7. The van der Waals surface area contributed by atoms with Crippen molar-refractivity contribution >= 4 is 11.7 Å². The number of carbonyl (C=O) groups is 1. The Hall–Kier alpha value is -1.99. The highest BCUT2D eigenvalue weighted by molar-refractivity contribution is 5.75. The molecule has 1 heterocycles. The zero-order valence-corrected chi connectivity index (χ0v) is 10.3. The minimum Gasteiger partial charge on any atom is -0.418 e. The molecule has 0 radical (unpaired) electrons. The SMILES string of the molecule is O=C(CN1CCOCC1)Oc1ccccc1[N+](=O)[O-]. The third-order valence-corrected chi connectivity index (χ3v) is 2.74. The van der Waals surface area contributed by atoms with Gasteiger partial charge in [-0.15, -0.1) is 0 Å². The van der Waals surface area contributed by atoms with Crippen molar-refractivity contribution in [1.82, 2.24) is 4.90 Å². The summed E-state index contributed by atoms with van der Waals surface area (Å²) in [4.78, 5) is 23.8. The van der Waals surface area contributed by atoms with E-state index in [1.165, 1.54) is 18.2 Å². The summed E-state index contributed by atoms with van der Waals surface area (Å²) in [7, 11) is 0. The summed E-state index contributed by atoms with van der Waals surface area (Å²) in [5.74, 6) is -0.526. The van der Waals surface area contributed by atoms with Crippen LogP contribution in [0.5, 0.6) is 5.75 Å². The molecule has 0 aromatic heterocycles. The van der Waals surface area contributed by atoms with Gasteiger partial charge in [-0.2, -0.15) is 0 Å². The minimum atomic E-state index is -0.572. The fourth-order valence-electron chi connectivity index (χ4n) is 1.79. The number of nitrogens with zero attached hydrogens (tertiary/aromatic N) is 2. The number of carbonyl (C=O) groups excluding carboxylic acids is 1. The summed E-state index contributed by atoms with van der Waals surface area (Å²) < 4.78 is 10.2. The first kappa shape index (κ1) is 13.4. The summed E-state index contributed by atoms with van der Waals surface area (Å²) in [5, 5.41) is 10.8. The van der Waals surface area contributed by atoms with E-state index >= 15 is 0 Å². The number of benzene rings is 1. The summed E-state index contributed by atoms with van der Waals surface area (Å²) in [5.41, 5.74) is -0.210. The van der Waals surface area contributed by atoms with E-state index in [9.17, 15) is 14.9 Å². The highest BCUT2D eigenvalue weighted by atomic mass is 16.6. The molecule has 102 valence electrons. The van der Waals surface area contributed by atoms with Crippen LogP contribution in [0.3, 0.4) is 0 Å². The van der Waals surface area contributed by atoms with Crippen LogP contribution in [0.2, 0.25) is 0 Å². The van der Waals surface area contributed by atoms with Crippen LogP contribution in [0.1, 0.15) is 0 Å². The zero-order valence-electron chi connectivity index (χ0n) is 10.3. The second kappa shape index (κ2) is 6.26. The normalized spacial score (nSPS) is 16.0. The van der Waals surface area contributed by atoms with E-state index in [4.69, 9.17) is 9.47 Å². The molecule has 1 aromatic carbocycles. The quantitative estimate of drug-likeness (QED) is 0.347. The van der Waals surface area contributed by atoms with Crippen molar-refractivity contribution in [3.63, 3.8) is 0 Å². The van der Waals surface area contributed by atoms with E-state index in [0.717, 1.165) is 0 Å². The number of morpholine rings is 1. The molecule has 7 heteroatoms. The Morgan fingerprint density at radius 1 is 1.37 bits per heavy atom. The number of nitro groups is 1. The molecule has 1 aliphatic rings. The molecule has 0 atom stereocenters. The molecule has 1 aromatic rings. The molecule has 0 bridgehead atoms. The lowest BCUT2D eigenvalue weighted by Gasteiger charge is -2.25. The Morgan fingerprint density at radius 3 is 2.74 bits per heavy atom. The smallest absolute Gasteiger partial charge is 0.325 e. The van der Waals surface area contributed by atoms with Crippen LogP contribution in [-0.4, -0.2) is 48.6 Å². The van der Waals surface area contributed by atoms with Crippen LogP contribution in [0.25, 0.3) is 0 Å². The average Bonchev–Trinajstić information content (AvgIpc) is 2.40. The topological polar surface area (TPSA) is 81.9 Å². The lowest BCUT2D eigenvalue weighted by atomic mass is 10.3. The van der Waals surface area contributed by atoms with Crippen molar-refractivity contribution in [2.24, 2.45) is 0 Å². The van der Waals surface area contributed by atoms with Gasteiger partial charge in [-0.05, 0) is 6.07 Å². The Bertz CT molecular complexity index is 471. The maximum absolute atomic E-state index is 11.7. The molecule has 1 fully saturated rings. The summed E-state index contributed by atoms with van der Waals surface area (Å²) >= 11 is 0. The number of nitro benzene ring substituents is 1. The van der Waals surface area contributed by atoms with Gasteiger partial charge in [0.2, 0.25) is 5.75 Å². The first-order valence-corrected chi connectivity index (χ1v) is 5.91. The molecule has 0 N–H and O–H groups in total. The van der Waals surface area contributed by atoms with Crippen LogP contribution in [-0.2, 0) is 9.53 Å². The van der Waals surface area contributed by atoms with Gasteiger partial charge < -0.3 is 9.47 Å². The number of ether oxygens (including phenoxy) is 2. The molecule has 19 heavy (non-hydrogen) atoms. The fourth-order valence-corrected chi connectivity index (χ4v) is 1.79. The highest BCUT2D eigenvalue weighted by Crippen LogP contribution is 2.25. The predicted molar refractivity (Wildman–Crippen MR) is 66.0 cm³/mol. The van der Waals surface area contributed by atoms with Crippen LogP contribution >= 0.6 is 0 Å². The molecule has 0 saturated carbocycles. The van der Waals surface area contributed by atoms with Gasteiger partial charge in [0.05, 0.1) is 24.7 Å². The molecular weight excluding hydrogens is 252 g/mol. The second-order valence-electron chi connectivity index (χ2n) is 4.09. The Morgan fingerprint density at radius 2 is 2.05 bits per heavy atom. The van der Waals surface area contributed by atoms with Crippen LogP contribution in [0.15, 0.2) is 24.3 Å². The Labute approximate surface area is 109 Å². The van der Waals surface area contributed by atoms with Gasteiger partial charge in [-0.1, -0.05) is 12.1 Å². The third kappa shape index (κ3) is 3.73. The highest BCUT2D eigenvalue weighted by Gasteiger charge is 2.19. The lowest BCUT2D eigenvalue weighted by Crippen LogP contribution is -2.40. The maximum Gasteiger partial charge on any atom is 0.325 e. The van der Waals surface area contributed by atoms with E-state index in [-0.39, 0.29) is 18.0 Å². The molecule has 0 aliphatic carbocycles. The standard InChI is InChI=1S/C12H14N2O5/c15-12(9-13-5-7-18-8-6-13)19-11-4-2-1-3-10(11)14(16)17/h1-4H,5-9H2. The van der Waals surface area contributed by atoms with E-state index in [1.807, 2.05) is 4.90 Å². The summed E-state index contributed by atoms with van der Waals surface area (Å²) in [6, 6.07) is 5.83. The van der Waals surface area contributed by atoms with Gasteiger partial charge in [-0.3, -0.25) is 19.8 Å². The van der Waals surface area contributed by atoms with Crippen LogP contribution in [0, 0.1) is 10.1 Å². The van der Waals surface area contributed by atoms with Gasteiger partial charge in [0.25, 0.3) is 0 Å². The monoisotopic (exact) mass is 266 g/mol. The molecule has 1 saturated heterocycles. The van der Waals surface area contributed by atoms with Crippen molar-refractivity contribution in [3.05, 3.63) is 34.4 Å². The van der Waals surface area contributed by atoms with Crippen molar-refractivity contribution < 1.29 is 19.2 Å². The van der Waals surface area contributed by atoms with Gasteiger partial charge in [-0.25, -0.2) is 0 Å². The average molecular weight is 266 g/mol. The number of rotatable bonds is 4. The van der Waals surface area contributed by atoms with E-state index < -0.39 is 10.9 Å². The van der Waals surface area contributed by atoms with Crippen molar-refractivity contribution in [1.29, 1.82) is 0 Å². The second-order valence-corrected chi connectivity index (χ2v) is 4.09. The molecule has 0 unspecified atom stereocenters. The Balaban J connectivity index is 1.96. The Kier molecular flexibility index (Phi) is 4.43. The molecular formula is C12H14N2O5. The summed E-state index contributed by atoms with van der Waals surface area (Å²) in [6.07, 6.45) is 0. The van der Waals surface area contributed by atoms with Crippen LogP contribution < -0.4 is 4.74 Å². The van der Waals surface area contributed by atoms with Gasteiger partial charge in [0, 0.05) is 19.2 Å². The van der Waals surface area contributed by atoms with Gasteiger partial charge >= 0.3 is 11.7 Å².